The third-order valence-electron chi connectivity index (χ3n) is 3.20. The maximum absolute atomic E-state index is 11.2. The number of halogens is 1. The van der Waals surface area contributed by atoms with E-state index in [0.29, 0.717) is 12.2 Å². The zero-order valence-corrected chi connectivity index (χ0v) is 13.8. The van der Waals surface area contributed by atoms with E-state index in [0.717, 1.165) is 24.2 Å². The summed E-state index contributed by atoms with van der Waals surface area (Å²) in [6, 6.07) is 11.0. The van der Waals surface area contributed by atoms with Crippen molar-refractivity contribution in [3.05, 3.63) is 48.8 Å². The summed E-state index contributed by atoms with van der Waals surface area (Å²) >= 11 is 0. The van der Waals surface area contributed by atoms with Crippen LogP contribution in [0.15, 0.2) is 48.8 Å². The Kier molecular flexibility index (Phi) is 7.91. The highest BCUT2D eigenvalue weighted by Crippen LogP contribution is 2.21. The van der Waals surface area contributed by atoms with Crippen molar-refractivity contribution in [2.45, 2.75) is 32.3 Å². The molecular formula is C17H21ClN2O3. The SMILES string of the molecule is CCCCC(Oc1ccc(Nc2ccncc2)cc1)C(=O)O.Cl. The number of carbonyl (C=O) groups is 1. The van der Waals surface area contributed by atoms with Crippen molar-refractivity contribution in [3.8, 4) is 5.75 Å². The van der Waals surface area contributed by atoms with Gasteiger partial charge in [-0.15, -0.1) is 12.4 Å². The predicted molar refractivity (Wildman–Crippen MR) is 92.8 cm³/mol. The van der Waals surface area contributed by atoms with Gasteiger partial charge in [0.2, 0.25) is 0 Å². The number of carboxylic acid groups (broad SMARTS) is 1. The topological polar surface area (TPSA) is 71.5 Å². The largest absolute Gasteiger partial charge is 0.479 e. The van der Waals surface area contributed by atoms with Crippen molar-refractivity contribution in [1.29, 1.82) is 0 Å². The lowest BCUT2D eigenvalue weighted by atomic mass is 10.1. The molecule has 124 valence electrons. The van der Waals surface area contributed by atoms with Crippen LogP contribution in [0.2, 0.25) is 0 Å². The molecule has 1 aromatic carbocycles. The third kappa shape index (κ3) is 6.16. The Hall–Kier alpha value is -2.27. The zero-order chi connectivity index (χ0) is 15.8. The summed E-state index contributed by atoms with van der Waals surface area (Å²) in [5.74, 6) is -0.365. The number of anilines is 2. The smallest absolute Gasteiger partial charge is 0.344 e. The number of aromatic nitrogens is 1. The van der Waals surface area contributed by atoms with Crippen molar-refractivity contribution < 1.29 is 14.6 Å². The molecule has 0 saturated heterocycles. The molecule has 0 aliphatic carbocycles. The van der Waals surface area contributed by atoms with Gasteiger partial charge in [-0.1, -0.05) is 13.3 Å². The second-order valence-corrected chi connectivity index (χ2v) is 4.97. The molecule has 0 aliphatic heterocycles. The van der Waals surface area contributed by atoms with E-state index in [1.807, 2.05) is 31.2 Å². The average molecular weight is 337 g/mol. The summed E-state index contributed by atoms with van der Waals surface area (Å²) in [7, 11) is 0. The fraction of sp³-hybridized carbons (Fsp3) is 0.294. The number of ether oxygens (including phenoxy) is 1. The normalized spacial score (nSPS) is 11.2. The van der Waals surface area contributed by atoms with Crippen LogP contribution in [-0.2, 0) is 4.79 Å². The molecule has 6 heteroatoms. The lowest BCUT2D eigenvalue weighted by Gasteiger charge is -2.15. The summed E-state index contributed by atoms with van der Waals surface area (Å²) in [6.07, 6.45) is 4.93. The standard InChI is InChI=1S/C17H20N2O3.ClH/c1-2-3-4-16(17(20)21)22-15-7-5-13(6-8-15)19-14-9-11-18-12-10-14;/h5-12,16H,2-4H2,1H3,(H,18,19)(H,20,21);1H. The highest BCUT2D eigenvalue weighted by Gasteiger charge is 2.18. The molecule has 1 atom stereocenters. The maximum Gasteiger partial charge on any atom is 0.344 e. The number of carboxylic acids is 1. The van der Waals surface area contributed by atoms with Crippen LogP contribution in [0.25, 0.3) is 0 Å². The first-order valence-corrected chi connectivity index (χ1v) is 7.35. The number of hydrogen-bond donors (Lipinski definition) is 2. The Morgan fingerprint density at radius 2 is 1.78 bits per heavy atom. The van der Waals surface area contributed by atoms with Crippen molar-refractivity contribution >= 4 is 29.8 Å². The van der Waals surface area contributed by atoms with Gasteiger partial charge in [0.05, 0.1) is 0 Å². The highest BCUT2D eigenvalue weighted by atomic mass is 35.5. The lowest BCUT2D eigenvalue weighted by Crippen LogP contribution is -2.26. The van der Waals surface area contributed by atoms with Crippen LogP contribution in [0.3, 0.4) is 0 Å². The number of unbranched alkanes of at least 4 members (excludes halogenated alkanes) is 1. The number of aliphatic carboxylic acids is 1. The molecule has 0 bridgehead atoms. The predicted octanol–water partition coefficient (Wildman–Crippen LogP) is 4.27. The number of nitrogens with one attached hydrogen (secondary N) is 1. The fourth-order valence-electron chi connectivity index (χ4n) is 2.01. The number of rotatable bonds is 8. The van der Waals surface area contributed by atoms with Gasteiger partial charge in [-0.05, 0) is 49.2 Å². The Bertz CT molecular complexity index is 591. The molecule has 1 heterocycles. The van der Waals surface area contributed by atoms with Gasteiger partial charge >= 0.3 is 5.97 Å². The third-order valence-corrected chi connectivity index (χ3v) is 3.20. The summed E-state index contributed by atoms with van der Waals surface area (Å²) < 4.78 is 5.55. The van der Waals surface area contributed by atoms with Crippen LogP contribution < -0.4 is 10.1 Å². The Morgan fingerprint density at radius 3 is 2.35 bits per heavy atom. The van der Waals surface area contributed by atoms with Crippen LogP contribution in [0.5, 0.6) is 5.75 Å². The van der Waals surface area contributed by atoms with Crippen LogP contribution >= 0.6 is 12.4 Å². The Labute approximate surface area is 142 Å². The molecule has 2 N–H and O–H groups in total. The van der Waals surface area contributed by atoms with E-state index in [1.54, 1.807) is 24.5 Å². The molecule has 0 fully saturated rings. The first kappa shape index (κ1) is 18.8. The monoisotopic (exact) mass is 336 g/mol. The van der Waals surface area contributed by atoms with E-state index < -0.39 is 12.1 Å². The molecule has 1 unspecified atom stereocenters. The molecule has 2 aromatic rings. The molecule has 0 saturated carbocycles. The summed E-state index contributed by atoms with van der Waals surface area (Å²) in [6.45, 7) is 2.03. The van der Waals surface area contributed by atoms with Crippen LogP contribution in [-0.4, -0.2) is 22.2 Å². The maximum atomic E-state index is 11.2. The van der Waals surface area contributed by atoms with E-state index in [1.165, 1.54) is 0 Å². The molecule has 5 nitrogen and oxygen atoms in total. The number of pyridine rings is 1. The van der Waals surface area contributed by atoms with Gasteiger partial charge in [-0.3, -0.25) is 4.98 Å². The van der Waals surface area contributed by atoms with Crippen molar-refractivity contribution in [2.75, 3.05) is 5.32 Å². The van der Waals surface area contributed by atoms with Gasteiger partial charge in [-0.2, -0.15) is 0 Å². The first-order valence-electron chi connectivity index (χ1n) is 7.35. The molecule has 2 rings (SSSR count). The summed E-state index contributed by atoms with van der Waals surface area (Å²) in [5.41, 5.74) is 1.84. The van der Waals surface area contributed by atoms with Crippen molar-refractivity contribution in [1.82, 2.24) is 4.98 Å². The average Bonchev–Trinajstić information content (AvgIpc) is 2.54. The van der Waals surface area contributed by atoms with E-state index >= 15 is 0 Å². The Morgan fingerprint density at radius 1 is 1.17 bits per heavy atom. The molecule has 0 radical (unpaired) electrons. The van der Waals surface area contributed by atoms with Crippen molar-refractivity contribution in [2.24, 2.45) is 0 Å². The molecule has 23 heavy (non-hydrogen) atoms. The van der Waals surface area contributed by atoms with Gasteiger partial charge < -0.3 is 15.2 Å². The number of nitrogens with zero attached hydrogens (tertiary/aromatic N) is 1. The zero-order valence-electron chi connectivity index (χ0n) is 12.9. The van der Waals surface area contributed by atoms with E-state index in [2.05, 4.69) is 10.3 Å². The minimum absolute atomic E-state index is 0. The van der Waals surface area contributed by atoms with Gasteiger partial charge in [0.25, 0.3) is 0 Å². The fourth-order valence-corrected chi connectivity index (χ4v) is 2.01. The molecular weight excluding hydrogens is 316 g/mol. The first-order chi connectivity index (χ1) is 10.7. The molecule has 0 aliphatic rings. The van der Waals surface area contributed by atoms with E-state index in [-0.39, 0.29) is 12.4 Å². The van der Waals surface area contributed by atoms with E-state index in [4.69, 9.17) is 9.84 Å². The van der Waals surface area contributed by atoms with E-state index in [9.17, 15) is 4.79 Å². The van der Waals surface area contributed by atoms with Gasteiger partial charge in [0.15, 0.2) is 6.10 Å². The van der Waals surface area contributed by atoms with Crippen molar-refractivity contribution in [3.63, 3.8) is 0 Å². The second kappa shape index (κ2) is 9.69. The minimum Gasteiger partial charge on any atom is -0.479 e. The van der Waals surface area contributed by atoms with Crippen LogP contribution in [0, 0.1) is 0 Å². The summed E-state index contributed by atoms with van der Waals surface area (Å²) in [5, 5.41) is 12.4. The number of hydrogen-bond acceptors (Lipinski definition) is 4. The van der Waals surface area contributed by atoms with Gasteiger partial charge in [0.1, 0.15) is 5.75 Å². The molecule has 0 spiro atoms. The van der Waals surface area contributed by atoms with Gasteiger partial charge in [0, 0.05) is 23.8 Å². The minimum atomic E-state index is -0.924. The summed E-state index contributed by atoms with van der Waals surface area (Å²) in [4.78, 5) is 15.1. The molecule has 0 amide bonds. The second-order valence-electron chi connectivity index (χ2n) is 4.97. The Balaban J connectivity index is 0.00000264. The lowest BCUT2D eigenvalue weighted by molar-refractivity contribution is -0.145. The quantitative estimate of drug-likeness (QED) is 0.753. The number of benzene rings is 1. The highest BCUT2D eigenvalue weighted by molar-refractivity contribution is 5.85. The van der Waals surface area contributed by atoms with Crippen LogP contribution in [0.1, 0.15) is 26.2 Å². The van der Waals surface area contributed by atoms with Crippen LogP contribution in [0.4, 0.5) is 11.4 Å². The molecule has 1 aromatic heterocycles. The van der Waals surface area contributed by atoms with Gasteiger partial charge in [-0.25, -0.2) is 4.79 Å².